The highest BCUT2D eigenvalue weighted by Crippen LogP contribution is 2.29. The molecule has 1 aliphatic rings. The highest BCUT2D eigenvalue weighted by atomic mass is 79.9. The molecule has 0 saturated carbocycles. The Hall–Kier alpha value is -0.580. The van der Waals surface area contributed by atoms with Gasteiger partial charge in [-0.1, -0.05) is 22.0 Å². The van der Waals surface area contributed by atoms with Crippen LogP contribution in [-0.2, 0) is 4.74 Å². The van der Waals surface area contributed by atoms with Gasteiger partial charge >= 0.3 is 0 Å². The van der Waals surface area contributed by atoms with Gasteiger partial charge in [0, 0.05) is 16.6 Å². The second-order valence-corrected chi connectivity index (χ2v) is 5.90. The Balaban J connectivity index is 1.82. The maximum absolute atomic E-state index is 9.71. The Labute approximate surface area is 123 Å². The van der Waals surface area contributed by atoms with Gasteiger partial charge < -0.3 is 14.6 Å². The predicted molar refractivity (Wildman–Crippen MR) is 78.5 cm³/mol. The molecule has 0 radical (unpaired) electrons. The normalized spacial score (nSPS) is 20.5. The lowest BCUT2D eigenvalue weighted by Crippen LogP contribution is -2.08. The molecular weight excluding hydrogens is 308 g/mol. The zero-order chi connectivity index (χ0) is 13.7. The van der Waals surface area contributed by atoms with Crippen LogP contribution in [0.3, 0.4) is 0 Å². The number of hydrogen-bond donors (Lipinski definition) is 1. The summed E-state index contributed by atoms with van der Waals surface area (Å²) < 4.78 is 12.3. The fraction of sp³-hybridized carbons (Fsp3) is 0.600. The van der Waals surface area contributed by atoms with E-state index in [2.05, 4.69) is 15.9 Å². The maximum atomic E-state index is 9.71. The third kappa shape index (κ3) is 4.48. The quantitative estimate of drug-likeness (QED) is 0.806. The van der Waals surface area contributed by atoms with E-state index in [1.165, 1.54) is 12.8 Å². The highest BCUT2D eigenvalue weighted by Gasteiger charge is 2.15. The SMILES string of the molecule is CC(O)c1ccc(Br)cc1OCCCC1CCCO1. The third-order valence-electron chi connectivity index (χ3n) is 3.38. The van der Waals surface area contributed by atoms with Crippen LogP contribution in [0, 0.1) is 0 Å². The lowest BCUT2D eigenvalue weighted by molar-refractivity contribution is 0.0978. The number of hydrogen-bond acceptors (Lipinski definition) is 3. The molecule has 1 N–H and O–H groups in total. The van der Waals surface area contributed by atoms with Gasteiger partial charge in [-0.25, -0.2) is 0 Å². The molecule has 0 amide bonds. The largest absolute Gasteiger partial charge is 0.493 e. The van der Waals surface area contributed by atoms with Gasteiger partial charge in [0.2, 0.25) is 0 Å². The number of aliphatic hydroxyl groups excluding tert-OH is 1. The topological polar surface area (TPSA) is 38.7 Å². The first-order valence-corrected chi connectivity index (χ1v) is 7.68. The van der Waals surface area contributed by atoms with Gasteiger partial charge in [0.15, 0.2) is 0 Å². The monoisotopic (exact) mass is 328 g/mol. The van der Waals surface area contributed by atoms with Crippen LogP contribution < -0.4 is 4.74 Å². The standard InChI is InChI=1S/C15H21BrO3/c1-11(17)14-7-6-12(16)10-15(14)19-9-3-5-13-4-2-8-18-13/h6-7,10-11,13,17H,2-5,8-9H2,1H3. The summed E-state index contributed by atoms with van der Waals surface area (Å²) in [6, 6.07) is 5.72. The Bertz CT molecular complexity index is 400. The summed E-state index contributed by atoms with van der Waals surface area (Å²) in [4.78, 5) is 0. The Morgan fingerprint density at radius 1 is 1.53 bits per heavy atom. The van der Waals surface area contributed by atoms with Crippen LogP contribution in [0.2, 0.25) is 0 Å². The van der Waals surface area contributed by atoms with Crippen LogP contribution >= 0.6 is 15.9 Å². The van der Waals surface area contributed by atoms with Crippen LogP contribution in [0.15, 0.2) is 22.7 Å². The molecule has 0 spiro atoms. The molecule has 1 aromatic carbocycles. The first-order valence-electron chi connectivity index (χ1n) is 6.88. The molecule has 106 valence electrons. The van der Waals surface area contributed by atoms with Crippen LogP contribution in [0.25, 0.3) is 0 Å². The van der Waals surface area contributed by atoms with Gasteiger partial charge in [0.25, 0.3) is 0 Å². The summed E-state index contributed by atoms with van der Waals surface area (Å²) in [5.74, 6) is 0.761. The molecule has 0 aromatic heterocycles. The van der Waals surface area contributed by atoms with E-state index in [1.807, 2.05) is 18.2 Å². The summed E-state index contributed by atoms with van der Waals surface area (Å²) >= 11 is 3.43. The van der Waals surface area contributed by atoms with Gasteiger partial charge in [-0.05, 0) is 44.7 Å². The number of ether oxygens (including phenoxy) is 2. The minimum atomic E-state index is -0.513. The highest BCUT2D eigenvalue weighted by molar-refractivity contribution is 9.10. The average molecular weight is 329 g/mol. The molecule has 4 heteroatoms. The van der Waals surface area contributed by atoms with Crippen LogP contribution in [0.4, 0.5) is 0 Å². The van der Waals surface area contributed by atoms with Crippen LogP contribution in [0.5, 0.6) is 5.75 Å². The molecular formula is C15H21BrO3. The number of halogens is 1. The van der Waals surface area contributed by atoms with Crippen molar-refractivity contribution in [1.29, 1.82) is 0 Å². The van der Waals surface area contributed by atoms with Gasteiger partial charge in [-0.2, -0.15) is 0 Å². The van der Waals surface area contributed by atoms with Gasteiger partial charge in [-0.15, -0.1) is 0 Å². The first kappa shape index (κ1) is 14.8. The molecule has 1 heterocycles. The second kappa shape index (κ2) is 7.27. The molecule has 2 unspecified atom stereocenters. The van der Waals surface area contributed by atoms with Crippen molar-refractivity contribution in [2.45, 2.75) is 44.8 Å². The van der Waals surface area contributed by atoms with E-state index in [1.54, 1.807) is 6.92 Å². The molecule has 2 atom stereocenters. The fourth-order valence-corrected chi connectivity index (χ4v) is 2.68. The minimum absolute atomic E-state index is 0.419. The minimum Gasteiger partial charge on any atom is -0.493 e. The van der Waals surface area contributed by atoms with Gasteiger partial charge in [-0.3, -0.25) is 0 Å². The van der Waals surface area contributed by atoms with Crippen molar-refractivity contribution in [3.05, 3.63) is 28.2 Å². The van der Waals surface area contributed by atoms with Crippen LogP contribution in [-0.4, -0.2) is 24.4 Å². The lowest BCUT2D eigenvalue weighted by Gasteiger charge is -2.15. The summed E-state index contributed by atoms with van der Waals surface area (Å²) in [7, 11) is 0. The molecule has 2 rings (SSSR count). The lowest BCUT2D eigenvalue weighted by atomic mass is 10.1. The van der Waals surface area contributed by atoms with Crippen molar-refractivity contribution in [2.24, 2.45) is 0 Å². The summed E-state index contributed by atoms with van der Waals surface area (Å²) in [5.41, 5.74) is 0.834. The Morgan fingerprint density at radius 3 is 3.05 bits per heavy atom. The van der Waals surface area contributed by atoms with E-state index in [-0.39, 0.29) is 0 Å². The van der Waals surface area contributed by atoms with Crippen molar-refractivity contribution in [1.82, 2.24) is 0 Å². The van der Waals surface area contributed by atoms with E-state index >= 15 is 0 Å². The van der Waals surface area contributed by atoms with E-state index in [0.29, 0.717) is 12.7 Å². The Kier molecular flexibility index (Phi) is 5.67. The molecule has 1 aliphatic heterocycles. The van der Waals surface area contributed by atoms with Crippen molar-refractivity contribution in [3.8, 4) is 5.75 Å². The Morgan fingerprint density at radius 2 is 2.37 bits per heavy atom. The molecule has 0 bridgehead atoms. The van der Waals surface area contributed by atoms with Crippen molar-refractivity contribution >= 4 is 15.9 Å². The van der Waals surface area contributed by atoms with E-state index in [9.17, 15) is 5.11 Å². The zero-order valence-electron chi connectivity index (χ0n) is 11.3. The molecule has 3 nitrogen and oxygen atoms in total. The zero-order valence-corrected chi connectivity index (χ0v) is 12.9. The summed E-state index contributed by atoms with van der Waals surface area (Å²) in [6.45, 7) is 3.32. The maximum Gasteiger partial charge on any atom is 0.126 e. The second-order valence-electron chi connectivity index (χ2n) is 4.98. The van der Waals surface area contributed by atoms with Crippen molar-refractivity contribution in [3.63, 3.8) is 0 Å². The first-order chi connectivity index (χ1) is 9.16. The van der Waals surface area contributed by atoms with E-state index in [4.69, 9.17) is 9.47 Å². The van der Waals surface area contributed by atoms with E-state index < -0.39 is 6.10 Å². The van der Waals surface area contributed by atoms with Crippen LogP contribution in [0.1, 0.15) is 44.3 Å². The number of rotatable bonds is 6. The average Bonchev–Trinajstić information content (AvgIpc) is 2.87. The third-order valence-corrected chi connectivity index (χ3v) is 3.87. The van der Waals surface area contributed by atoms with Crippen molar-refractivity contribution < 1.29 is 14.6 Å². The van der Waals surface area contributed by atoms with Crippen molar-refractivity contribution in [2.75, 3.05) is 13.2 Å². The van der Waals surface area contributed by atoms with Gasteiger partial charge in [0.1, 0.15) is 5.75 Å². The molecule has 1 fully saturated rings. The summed E-state index contributed by atoms with van der Waals surface area (Å²) in [5, 5.41) is 9.71. The molecule has 0 aliphatic carbocycles. The summed E-state index contributed by atoms with van der Waals surface area (Å²) in [6.07, 6.45) is 4.30. The predicted octanol–water partition coefficient (Wildman–Crippen LogP) is 3.84. The molecule has 1 saturated heterocycles. The van der Waals surface area contributed by atoms with E-state index in [0.717, 1.165) is 35.2 Å². The molecule has 1 aromatic rings. The number of benzene rings is 1. The molecule has 19 heavy (non-hydrogen) atoms. The van der Waals surface area contributed by atoms with Gasteiger partial charge in [0.05, 0.1) is 18.8 Å². The smallest absolute Gasteiger partial charge is 0.126 e. The number of aliphatic hydroxyl groups is 1. The fourth-order valence-electron chi connectivity index (χ4n) is 2.34.